The summed E-state index contributed by atoms with van der Waals surface area (Å²) in [5, 5.41) is 0. The Labute approximate surface area is 128 Å². The summed E-state index contributed by atoms with van der Waals surface area (Å²) in [6.07, 6.45) is -1.13. The Morgan fingerprint density at radius 1 is 1.09 bits per heavy atom. The van der Waals surface area contributed by atoms with Crippen LogP contribution in [0.5, 0.6) is 0 Å². The first kappa shape index (κ1) is 14.1. The summed E-state index contributed by atoms with van der Waals surface area (Å²) in [6, 6.07) is 16.9. The van der Waals surface area contributed by atoms with E-state index in [0.717, 1.165) is 11.1 Å². The fourth-order valence-electron chi connectivity index (χ4n) is 2.10. The van der Waals surface area contributed by atoms with Crippen LogP contribution >= 0.6 is 0 Å². The third-order valence-electron chi connectivity index (χ3n) is 3.22. The zero-order valence-electron chi connectivity index (χ0n) is 12.4. The third kappa shape index (κ3) is 2.79. The van der Waals surface area contributed by atoms with Crippen molar-refractivity contribution < 1.29 is 13.9 Å². The van der Waals surface area contributed by atoms with E-state index in [-0.39, 0.29) is 0 Å². The van der Waals surface area contributed by atoms with Gasteiger partial charge in [0.2, 0.25) is 12.0 Å². The van der Waals surface area contributed by atoms with Crippen LogP contribution in [0.3, 0.4) is 0 Å². The van der Waals surface area contributed by atoms with Gasteiger partial charge in [-0.05, 0) is 12.1 Å². The van der Waals surface area contributed by atoms with E-state index < -0.39 is 12.2 Å². The van der Waals surface area contributed by atoms with Gasteiger partial charge in [-0.3, -0.25) is 0 Å². The van der Waals surface area contributed by atoms with Crippen LogP contribution in [0.1, 0.15) is 17.6 Å². The number of amides is 1. The van der Waals surface area contributed by atoms with Crippen LogP contribution < -0.4 is 0 Å². The molecule has 22 heavy (non-hydrogen) atoms. The smallest absolute Gasteiger partial charge is 0.410 e. The van der Waals surface area contributed by atoms with Crippen molar-refractivity contribution in [2.45, 2.75) is 6.10 Å². The summed E-state index contributed by atoms with van der Waals surface area (Å²) in [6.45, 7) is 0. The van der Waals surface area contributed by atoms with Crippen LogP contribution in [0.2, 0.25) is 0 Å². The first-order chi connectivity index (χ1) is 10.6. The van der Waals surface area contributed by atoms with Gasteiger partial charge >= 0.3 is 6.09 Å². The third-order valence-corrected chi connectivity index (χ3v) is 3.22. The minimum atomic E-state index is -0.677. The molecule has 3 aromatic rings. The standard InChI is InChI=1S/C17H16N2O3/c1-19(2)17(20)22-15(12-8-4-3-5-9-12)16-18-13-10-6-7-11-14(13)21-16/h3-11,15H,1-2H3. The molecule has 0 spiro atoms. The molecule has 1 amide bonds. The Balaban J connectivity index is 2.02. The predicted molar refractivity (Wildman–Crippen MR) is 82.5 cm³/mol. The lowest BCUT2D eigenvalue weighted by molar-refractivity contribution is 0.0800. The minimum absolute atomic E-state index is 0.364. The van der Waals surface area contributed by atoms with Gasteiger partial charge in [-0.1, -0.05) is 42.5 Å². The van der Waals surface area contributed by atoms with E-state index in [1.165, 1.54) is 4.90 Å². The zero-order valence-corrected chi connectivity index (χ0v) is 12.4. The van der Waals surface area contributed by atoms with Crippen molar-refractivity contribution >= 4 is 17.2 Å². The van der Waals surface area contributed by atoms with Gasteiger partial charge in [-0.2, -0.15) is 0 Å². The molecule has 0 saturated heterocycles. The number of benzene rings is 2. The van der Waals surface area contributed by atoms with Gasteiger partial charge in [0.1, 0.15) is 5.52 Å². The molecular formula is C17H16N2O3. The van der Waals surface area contributed by atoms with Crippen LogP contribution in [-0.2, 0) is 4.74 Å². The molecular weight excluding hydrogens is 280 g/mol. The molecule has 0 aliphatic rings. The lowest BCUT2D eigenvalue weighted by atomic mass is 10.1. The van der Waals surface area contributed by atoms with Crippen LogP contribution in [0.25, 0.3) is 11.1 Å². The summed E-state index contributed by atoms with van der Waals surface area (Å²) in [4.78, 5) is 17.8. The maximum absolute atomic E-state index is 11.9. The lowest BCUT2D eigenvalue weighted by Gasteiger charge is -2.18. The van der Waals surface area contributed by atoms with Crippen molar-refractivity contribution in [2.24, 2.45) is 0 Å². The van der Waals surface area contributed by atoms with Crippen molar-refractivity contribution in [3.8, 4) is 0 Å². The molecule has 0 N–H and O–H groups in total. The maximum Gasteiger partial charge on any atom is 0.410 e. The summed E-state index contributed by atoms with van der Waals surface area (Å²) in [5.74, 6) is 0.364. The first-order valence-electron chi connectivity index (χ1n) is 6.93. The summed E-state index contributed by atoms with van der Waals surface area (Å²) >= 11 is 0. The molecule has 0 aliphatic heterocycles. The number of ether oxygens (including phenoxy) is 1. The largest absolute Gasteiger partial charge is 0.436 e. The highest BCUT2D eigenvalue weighted by atomic mass is 16.6. The van der Waals surface area contributed by atoms with E-state index in [9.17, 15) is 4.79 Å². The Bertz CT molecular complexity index is 748. The maximum atomic E-state index is 11.9. The number of fused-ring (bicyclic) bond motifs is 1. The fourth-order valence-corrected chi connectivity index (χ4v) is 2.10. The Morgan fingerprint density at radius 3 is 2.45 bits per heavy atom. The zero-order chi connectivity index (χ0) is 15.5. The molecule has 0 radical (unpaired) electrons. The van der Waals surface area contributed by atoms with E-state index >= 15 is 0 Å². The van der Waals surface area contributed by atoms with Crippen LogP contribution in [0, 0.1) is 0 Å². The van der Waals surface area contributed by atoms with Crippen molar-refractivity contribution in [2.75, 3.05) is 14.1 Å². The van der Waals surface area contributed by atoms with Crippen molar-refractivity contribution in [1.29, 1.82) is 0 Å². The molecule has 3 rings (SSSR count). The fraction of sp³-hybridized carbons (Fsp3) is 0.176. The predicted octanol–water partition coefficient (Wildman–Crippen LogP) is 3.62. The second kappa shape index (κ2) is 5.89. The molecule has 5 nitrogen and oxygen atoms in total. The highest BCUT2D eigenvalue weighted by molar-refractivity contribution is 5.72. The average Bonchev–Trinajstić information content (AvgIpc) is 2.96. The van der Waals surface area contributed by atoms with E-state index in [2.05, 4.69) is 4.98 Å². The second-order valence-corrected chi connectivity index (χ2v) is 5.09. The monoisotopic (exact) mass is 296 g/mol. The van der Waals surface area contributed by atoms with Crippen molar-refractivity contribution in [1.82, 2.24) is 9.88 Å². The number of nitrogens with zero attached hydrogens (tertiary/aromatic N) is 2. The molecule has 5 heteroatoms. The number of hydrogen-bond donors (Lipinski definition) is 0. The number of rotatable bonds is 3. The summed E-state index contributed by atoms with van der Waals surface area (Å²) in [5.41, 5.74) is 2.21. The van der Waals surface area contributed by atoms with Gasteiger partial charge in [-0.25, -0.2) is 9.78 Å². The molecule has 0 saturated carbocycles. The van der Waals surface area contributed by atoms with Gasteiger partial charge in [0.25, 0.3) is 0 Å². The second-order valence-electron chi connectivity index (χ2n) is 5.09. The minimum Gasteiger partial charge on any atom is -0.436 e. The quantitative estimate of drug-likeness (QED) is 0.741. The van der Waals surface area contributed by atoms with Crippen LogP contribution in [-0.4, -0.2) is 30.1 Å². The highest BCUT2D eigenvalue weighted by Crippen LogP contribution is 2.28. The molecule has 112 valence electrons. The molecule has 1 aromatic heterocycles. The Kier molecular flexibility index (Phi) is 3.78. The van der Waals surface area contributed by atoms with E-state index in [0.29, 0.717) is 11.5 Å². The SMILES string of the molecule is CN(C)C(=O)OC(c1ccccc1)c1nc2ccccc2o1. The van der Waals surface area contributed by atoms with Gasteiger partial charge in [0.05, 0.1) is 0 Å². The molecule has 1 atom stereocenters. The first-order valence-corrected chi connectivity index (χ1v) is 6.93. The molecule has 0 fully saturated rings. The number of oxazole rings is 1. The van der Waals surface area contributed by atoms with E-state index in [4.69, 9.17) is 9.15 Å². The molecule has 1 heterocycles. The number of hydrogen-bond acceptors (Lipinski definition) is 4. The van der Waals surface area contributed by atoms with Gasteiger partial charge in [0.15, 0.2) is 5.58 Å². The van der Waals surface area contributed by atoms with Crippen LogP contribution in [0.4, 0.5) is 4.79 Å². The summed E-state index contributed by atoms with van der Waals surface area (Å²) in [7, 11) is 3.27. The van der Waals surface area contributed by atoms with E-state index in [1.807, 2.05) is 54.6 Å². The van der Waals surface area contributed by atoms with Gasteiger partial charge in [0, 0.05) is 19.7 Å². The molecule has 0 aliphatic carbocycles. The van der Waals surface area contributed by atoms with Gasteiger partial charge in [-0.15, -0.1) is 0 Å². The topological polar surface area (TPSA) is 55.6 Å². The van der Waals surface area contributed by atoms with Crippen molar-refractivity contribution in [3.63, 3.8) is 0 Å². The average molecular weight is 296 g/mol. The van der Waals surface area contributed by atoms with Gasteiger partial charge < -0.3 is 14.1 Å². The molecule has 0 bridgehead atoms. The summed E-state index contributed by atoms with van der Waals surface area (Å²) < 4.78 is 11.3. The number of carbonyl (C=O) groups excluding carboxylic acids is 1. The molecule has 1 unspecified atom stereocenters. The highest BCUT2D eigenvalue weighted by Gasteiger charge is 2.25. The number of aromatic nitrogens is 1. The van der Waals surface area contributed by atoms with Crippen molar-refractivity contribution in [3.05, 3.63) is 66.1 Å². The molecule has 2 aromatic carbocycles. The Hall–Kier alpha value is -2.82. The number of carbonyl (C=O) groups is 1. The van der Waals surface area contributed by atoms with E-state index in [1.54, 1.807) is 14.1 Å². The Morgan fingerprint density at radius 2 is 1.77 bits per heavy atom. The normalized spacial score (nSPS) is 12.1. The number of para-hydroxylation sites is 2. The van der Waals surface area contributed by atoms with Crippen LogP contribution in [0.15, 0.2) is 59.0 Å². The lowest BCUT2D eigenvalue weighted by Crippen LogP contribution is -2.25.